The third kappa shape index (κ3) is 58.7. The monoisotopic (exact) mass is 970 g/mol. The van der Waals surface area contributed by atoms with E-state index >= 15 is 0 Å². The number of nitriles is 1. The number of halogens is 16. The van der Waals surface area contributed by atoms with Crippen molar-refractivity contribution in [1.82, 2.24) is 0 Å². The fourth-order valence-electron chi connectivity index (χ4n) is 5.91. The summed E-state index contributed by atoms with van der Waals surface area (Å²) in [5.41, 5.74) is 3.57. The summed E-state index contributed by atoms with van der Waals surface area (Å²) in [5, 5.41) is 7.32. The average molecular weight is 969 g/mol. The molecule has 4 rings (SSSR count). The molecule has 4 aliphatic rings. The summed E-state index contributed by atoms with van der Waals surface area (Å²) < 4.78 is 156. The van der Waals surface area contributed by atoms with Gasteiger partial charge in [0.25, 0.3) is 0 Å². The van der Waals surface area contributed by atoms with Gasteiger partial charge >= 0.3 is 49.1 Å². The minimum absolute atomic E-state index is 0. The largest absolute Gasteiger partial charge is 4.00 e. The van der Waals surface area contributed by atoms with Gasteiger partial charge in [0.2, 0.25) is 0 Å². The van der Waals surface area contributed by atoms with Gasteiger partial charge in [-0.05, 0) is 81.2 Å². The fraction of sp³-hybridized carbons (Fsp3) is 0.821. The normalized spacial score (nSPS) is 20.0. The van der Waals surface area contributed by atoms with Gasteiger partial charge in [-0.25, -0.2) is 0 Å². The minimum atomic E-state index is -6.00. The summed E-state index contributed by atoms with van der Waals surface area (Å²) in [7, 11) is -23.6. The van der Waals surface area contributed by atoms with Crippen LogP contribution < -0.4 is 0 Å². The standard InChI is InChI=1S/C18H33P.C8H12.C2H3N.4BF4.Ir/c1-4-10-16(11-5-1)19(17-12-6-2-7-13-17)18-14-8-3-9-15-18;1-2-4-6-8-7-5-3-1;1-2-3;4*2-1(3,4)5;/h16-18H,1-15H2;1-4H,5-8H2;1H3;;;;;/q;;;4*-1;+4/b;3-1-,4-2-;;;;;;. The molecule has 303 valence electrons. The predicted molar refractivity (Wildman–Crippen MR) is 176 cm³/mol. The zero-order valence-electron chi connectivity index (χ0n) is 28.6. The van der Waals surface area contributed by atoms with E-state index in [0.717, 1.165) is 0 Å². The minimum Gasteiger partial charge on any atom is -0.418 e. The molecule has 0 unspecified atom stereocenters. The summed E-state index contributed by atoms with van der Waals surface area (Å²) in [6.45, 7) is 1.43. The topological polar surface area (TPSA) is 23.8 Å². The Hall–Kier alpha value is -0.811. The molecule has 0 atom stereocenters. The molecule has 4 aliphatic carbocycles. The van der Waals surface area contributed by atoms with Crippen LogP contribution in [0.4, 0.5) is 69.1 Å². The Kier molecular flexibility index (Phi) is 36.4. The van der Waals surface area contributed by atoms with Crippen molar-refractivity contribution in [3.05, 3.63) is 24.3 Å². The van der Waals surface area contributed by atoms with Gasteiger partial charge in [0.05, 0.1) is 6.07 Å². The zero-order chi connectivity index (χ0) is 39.3. The summed E-state index contributed by atoms with van der Waals surface area (Å²) in [4.78, 5) is 0. The Bertz CT molecular complexity index is 754. The molecule has 0 heterocycles. The molecule has 0 saturated heterocycles. The molecule has 0 aromatic rings. The molecule has 0 aromatic carbocycles. The predicted octanol–water partition coefficient (Wildman–Crippen LogP) is 14.9. The Morgan fingerprint density at radius 1 is 0.431 bits per heavy atom. The van der Waals surface area contributed by atoms with Crippen molar-refractivity contribution in [2.24, 2.45) is 0 Å². The van der Waals surface area contributed by atoms with Crippen LogP contribution >= 0.6 is 7.92 Å². The van der Waals surface area contributed by atoms with Gasteiger partial charge in [-0.1, -0.05) is 90.0 Å². The molecule has 0 amide bonds. The maximum atomic E-state index is 9.75. The SMILES string of the molecule is C1=C\CCCC\C=C/1.C1CCC(P(C2CCCCC2)C2CCCCC2)CC1.CC#N.F[B-](F)(F)F.F[B-](F)(F)F.F[B-](F)(F)F.F[B-](F)(F)F.[Ir+4]. The quantitative estimate of drug-likeness (QED) is 0.157. The van der Waals surface area contributed by atoms with Gasteiger partial charge < -0.3 is 69.1 Å². The van der Waals surface area contributed by atoms with Crippen LogP contribution in [0.25, 0.3) is 0 Å². The van der Waals surface area contributed by atoms with E-state index in [4.69, 9.17) is 5.26 Å². The molecular formula is C28H48B4F16IrNP. The van der Waals surface area contributed by atoms with Gasteiger partial charge in [-0.15, -0.1) is 0 Å². The van der Waals surface area contributed by atoms with Crippen molar-refractivity contribution in [2.45, 2.75) is 146 Å². The number of rotatable bonds is 3. The van der Waals surface area contributed by atoms with Crippen molar-refractivity contribution in [1.29, 1.82) is 5.26 Å². The average Bonchev–Trinajstić information content (AvgIpc) is 2.92. The first-order valence-corrected chi connectivity index (χ1v) is 18.3. The number of hydrogen-bond donors (Lipinski definition) is 0. The van der Waals surface area contributed by atoms with Crippen LogP contribution in [-0.2, 0) is 20.1 Å². The first-order chi connectivity index (χ1) is 22.9. The molecule has 51 heavy (non-hydrogen) atoms. The molecule has 0 aliphatic heterocycles. The number of nitrogens with zero attached hydrogens (tertiary/aromatic N) is 1. The van der Waals surface area contributed by atoms with E-state index in [1.54, 1.807) is 83.1 Å². The second-order valence-electron chi connectivity index (χ2n) is 11.7. The first-order valence-electron chi connectivity index (χ1n) is 16.8. The second-order valence-corrected chi connectivity index (χ2v) is 14.8. The van der Waals surface area contributed by atoms with Crippen molar-refractivity contribution in [3.63, 3.8) is 0 Å². The van der Waals surface area contributed by atoms with E-state index in [-0.39, 0.29) is 20.1 Å². The summed E-state index contributed by atoms with van der Waals surface area (Å²) in [6, 6.07) is 1.75. The number of hydrogen-bond acceptors (Lipinski definition) is 1. The van der Waals surface area contributed by atoms with Crippen LogP contribution in [0.15, 0.2) is 24.3 Å². The third-order valence-corrected chi connectivity index (χ3v) is 11.4. The van der Waals surface area contributed by atoms with E-state index in [1.807, 2.05) is 0 Å². The van der Waals surface area contributed by atoms with Crippen LogP contribution in [0, 0.1) is 11.3 Å². The van der Waals surface area contributed by atoms with Crippen molar-refractivity contribution < 1.29 is 89.2 Å². The van der Waals surface area contributed by atoms with Crippen molar-refractivity contribution >= 4 is 36.9 Å². The molecule has 3 fully saturated rings. The van der Waals surface area contributed by atoms with E-state index in [0.29, 0.717) is 7.92 Å². The Balaban J connectivity index is -0.000000289. The smallest absolute Gasteiger partial charge is 0.418 e. The van der Waals surface area contributed by atoms with Crippen molar-refractivity contribution in [3.8, 4) is 6.07 Å². The van der Waals surface area contributed by atoms with Gasteiger partial charge in [0, 0.05) is 6.92 Å². The van der Waals surface area contributed by atoms with Gasteiger partial charge in [-0.3, -0.25) is 0 Å². The molecule has 0 N–H and O–H groups in total. The van der Waals surface area contributed by atoms with Gasteiger partial charge in [0.1, 0.15) is 0 Å². The summed E-state index contributed by atoms with van der Waals surface area (Å²) >= 11 is 0. The molecule has 0 bridgehead atoms. The van der Waals surface area contributed by atoms with E-state index in [9.17, 15) is 69.1 Å². The van der Waals surface area contributed by atoms with E-state index in [1.165, 1.54) is 68.8 Å². The zero-order valence-corrected chi connectivity index (χ0v) is 31.9. The Morgan fingerprint density at radius 2 is 0.608 bits per heavy atom. The van der Waals surface area contributed by atoms with Crippen molar-refractivity contribution in [2.75, 3.05) is 0 Å². The van der Waals surface area contributed by atoms with E-state index < -0.39 is 29.0 Å². The molecule has 1 radical (unpaired) electrons. The van der Waals surface area contributed by atoms with Crippen LogP contribution in [0.2, 0.25) is 0 Å². The van der Waals surface area contributed by atoms with Crippen LogP contribution in [0.3, 0.4) is 0 Å². The van der Waals surface area contributed by atoms with E-state index in [2.05, 4.69) is 24.3 Å². The fourth-order valence-corrected chi connectivity index (χ4v) is 10.6. The summed E-state index contributed by atoms with van der Waals surface area (Å²) in [5.74, 6) is 0. The summed E-state index contributed by atoms with van der Waals surface area (Å²) in [6.07, 6.45) is 37.6. The first kappa shape index (κ1) is 56.9. The van der Waals surface area contributed by atoms with Gasteiger partial charge in [0.15, 0.2) is 0 Å². The molecular weight excluding hydrogens is 921 g/mol. The molecule has 3 saturated carbocycles. The van der Waals surface area contributed by atoms with Crippen LogP contribution in [-0.4, -0.2) is 46.0 Å². The van der Waals surface area contributed by atoms with Crippen LogP contribution in [0.1, 0.15) is 129 Å². The number of allylic oxidation sites excluding steroid dienone is 4. The molecule has 23 heteroatoms. The van der Waals surface area contributed by atoms with Crippen LogP contribution in [0.5, 0.6) is 0 Å². The Labute approximate surface area is 307 Å². The molecule has 0 aromatic heterocycles. The third-order valence-electron chi connectivity index (χ3n) is 7.36. The Morgan fingerprint density at radius 3 is 0.784 bits per heavy atom. The maximum Gasteiger partial charge on any atom is 4.00 e. The second kappa shape index (κ2) is 32.6. The molecule has 0 spiro atoms. The van der Waals surface area contributed by atoms with Gasteiger partial charge in [-0.2, -0.15) is 5.26 Å². The maximum absolute atomic E-state index is 9.75. The molecule has 1 nitrogen and oxygen atoms in total.